The lowest BCUT2D eigenvalue weighted by molar-refractivity contribution is -0.118. The van der Waals surface area contributed by atoms with E-state index in [1.807, 2.05) is 0 Å². The van der Waals surface area contributed by atoms with Gasteiger partial charge in [-0.2, -0.15) is 0 Å². The van der Waals surface area contributed by atoms with Gasteiger partial charge in [-0.1, -0.05) is 41.9 Å². The first-order chi connectivity index (χ1) is 5.77. The van der Waals surface area contributed by atoms with Gasteiger partial charge in [-0.05, 0) is 17.3 Å². The Labute approximate surface area is 88.6 Å². The van der Waals surface area contributed by atoms with Gasteiger partial charge in [0.1, 0.15) is 0 Å². The van der Waals surface area contributed by atoms with Gasteiger partial charge in [0.25, 0.3) is 0 Å². The molecule has 3 heteroatoms. The lowest BCUT2D eigenvalue weighted by Crippen LogP contribution is -2.20. The standard InChI is InChI=1S/C9H18INO/c1-9(12)11-8-6-4-2-3-5-7-10/h2-8H2,1H3,(H,11,12). The van der Waals surface area contributed by atoms with Crippen LogP contribution in [0.5, 0.6) is 0 Å². The van der Waals surface area contributed by atoms with E-state index in [1.54, 1.807) is 6.92 Å². The average molecular weight is 283 g/mol. The maximum absolute atomic E-state index is 10.5. The molecule has 0 unspecified atom stereocenters. The highest BCUT2D eigenvalue weighted by Gasteiger charge is 1.91. The molecule has 0 spiro atoms. The maximum atomic E-state index is 10.5. The molecular weight excluding hydrogens is 265 g/mol. The highest BCUT2D eigenvalue weighted by Crippen LogP contribution is 2.03. The predicted molar refractivity (Wildman–Crippen MR) is 60.7 cm³/mol. The molecule has 0 aliphatic heterocycles. The van der Waals surface area contributed by atoms with Crippen LogP contribution in [0.3, 0.4) is 0 Å². The summed E-state index contributed by atoms with van der Waals surface area (Å²) in [4.78, 5) is 10.5. The zero-order chi connectivity index (χ0) is 9.23. The number of hydrogen-bond donors (Lipinski definition) is 1. The molecule has 0 saturated carbocycles. The Kier molecular flexibility index (Phi) is 9.44. The third-order valence-corrected chi connectivity index (χ3v) is 2.45. The van der Waals surface area contributed by atoms with E-state index in [1.165, 1.54) is 30.1 Å². The highest BCUT2D eigenvalue weighted by molar-refractivity contribution is 14.1. The van der Waals surface area contributed by atoms with Crippen molar-refractivity contribution in [3.05, 3.63) is 0 Å². The Hall–Kier alpha value is 0.200. The molecule has 0 saturated heterocycles. The van der Waals surface area contributed by atoms with Crippen molar-refractivity contribution in [2.45, 2.75) is 39.0 Å². The van der Waals surface area contributed by atoms with Crippen LogP contribution in [-0.2, 0) is 4.79 Å². The van der Waals surface area contributed by atoms with Crippen molar-refractivity contribution in [3.63, 3.8) is 0 Å². The van der Waals surface area contributed by atoms with E-state index < -0.39 is 0 Å². The minimum Gasteiger partial charge on any atom is -0.356 e. The van der Waals surface area contributed by atoms with Crippen LogP contribution in [0.25, 0.3) is 0 Å². The second-order valence-electron chi connectivity index (χ2n) is 2.94. The number of alkyl halides is 1. The van der Waals surface area contributed by atoms with Gasteiger partial charge >= 0.3 is 0 Å². The fourth-order valence-corrected chi connectivity index (χ4v) is 1.55. The van der Waals surface area contributed by atoms with Crippen LogP contribution in [0.1, 0.15) is 39.0 Å². The minimum atomic E-state index is 0.0854. The molecule has 0 bridgehead atoms. The number of carbonyl (C=O) groups is 1. The number of amides is 1. The van der Waals surface area contributed by atoms with Crippen LogP contribution in [0.4, 0.5) is 0 Å². The minimum absolute atomic E-state index is 0.0854. The Morgan fingerprint density at radius 3 is 2.33 bits per heavy atom. The molecule has 1 N–H and O–H groups in total. The van der Waals surface area contributed by atoms with Crippen LogP contribution in [0.15, 0.2) is 0 Å². The molecule has 0 radical (unpaired) electrons. The molecular formula is C9H18INO. The highest BCUT2D eigenvalue weighted by atomic mass is 127. The van der Waals surface area contributed by atoms with Crippen molar-refractivity contribution < 1.29 is 4.79 Å². The van der Waals surface area contributed by atoms with Crippen molar-refractivity contribution in [1.29, 1.82) is 0 Å². The lowest BCUT2D eigenvalue weighted by atomic mass is 10.1. The SMILES string of the molecule is CC(=O)NCCCCCCCI. The van der Waals surface area contributed by atoms with Crippen LogP contribution in [0.2, 0.25) is 0 Å². The Bertz CT molecular complexity index is 117. The summed E-state index contributed by atoms with van der Waals surface area (Å²) in [5, 5.41) is 2.80. The summed E-state index contributed by atoms with van der Waals surface area (Å²) in [6.07, 6.45) is 6.35. The van der Waals surface area contributed by atoms with Crippen LogP contribution >= 0.6 is 22.6 Å². The molecule has 0 aromatic heterocycles. The van der Waals surface area contributed by atoms with Crippen molar-refractivity contribution >= 4 is 28.5 Å². The molecule has 0 atom stereocenters. The first-order valence-corrected chi connectivity index (χ1v) is 6.10. The Balaban J connectivity index is 2.86. The summed E-state index contributed by atoms with van der Waals surface area (Å²) >= 11 is 2.41. The molecule has 12 heavy (non-hydrogen) atoms. The van der Waals surface area contributed by atoms with E-state index >= 15 is 0 Å². The molecule has 0 aromatic carbocycles. The second kappa shape index (κ2) is 9.29. The van der Waals surface area contributed by atoms with Crippen LogP contribution in [0, 0.1) is 0 Å². The van der Waals surface area contributed by atoms with E-state index in [0.29, 0.717) is 0 Å². The van der Waals surface area contributed by atoms with Crippen LogP contribution < -0.4 is 5.32 Å². The molecule has 0 heterocycles. The smallest absolute Gasteiger partial charge is 0.216 e. The first-order valence-electron chi connectivity index (χ1n) is 4.57. The van der Waals surface area contributed by atoms with Crippen LogP contribution in [-0.4, -0.2) is 16.9 Å². The zero-order valence-electron chi connectivity index (χ0n) is 7.74. The summed E-state index contributed by atoms with van der Waals surface area (Å²) in [7, 11) is 0. The quantitative estimate of drug-likeness (QED) is 0.434. The second-order valence-corrected chi connectivity index (χ2v) is 4.02. The Morgan fingerprint density at radius 1 is 1.17 bits per heavy atom. The van der Waals surface area contributed by atoms with Gasteiger partial charge in [-0.15, -0.1) is 0 Å². The zero-order valence-corrected chi connectivity index (χ0v) is 9.89. The summed E-state index contributed by atoms with van der Waals surface area (Å²) in [5.41, 5.74) is 0. The fourth-order valence-electron chi connectivity index (χ4n) is 1.01. The van der Waals surface area contributed by atoms with Crippen molar-refractivity contribution in [3.8, 4) is 0 Å². The number of unbranched alkanes of at least 4 members (excludes halogenated alkanes) is 4. The summed E-state index contributed by atoms with van der Waals surface area (Å²) in [6, 6.07) is 0. The molecule has 0 rings (SSSR count). The van der Waals surface area contributed by atoms with Gasteiger partial charge in [-0.25, -0.2) is 0 Å². The van der Waals surface area contributed by atoms with Gasteiger partial charge in [0.05, 0.1) is 0 Å². The molecule has 1 amide bonds. The molecule has 72 valence electrons. The molecule has 2 nitrogen and oxygen atoms in total. The van der Waals surface area contributed by atoms with Gasteiger partial charge < -0.3 is 5.32 Å². The van der Waals surface area contributed by atoms with E-state index in [0.717, 1.165) is 13.0 Å². The normalized spacial score (nSPS) is 9.83. The third-order valence-electron chi connectivity index (χ3n) is 1.68. The first kappa shape index (κ1) is 12.2. The third kappa shape index (κ3) is 10.2. The van der Waals surface area contributed by atoms with E-state index in [4.69, 9.17) is 0 Å². The fraction of sp³-hybridized carbons (Fsp3) is 0.889. The number of halogens is 1. The van der Waals surface area contributed by atoms with Crippen molar-refractivity contribution in [2.24, 2.45) is 0 Å². The van der Waals surface area contributed by atoms with E-state index in [-0.39, 0.29) is 5.91 Å². The van der Waals surface area contributed by atoms with E-state index in [9.17, 15) is 4.79 Å². The maximum Gasteiger partial charge on any atom is 0.216 e. The molecule has 0 aromatic rings. The topological polar surface area (TPSA) is 29.1 Å². The van der Waals surface area contributed by atoms with Crippen molar-refractivity contribution in [2.75, 3.05) is 11.0 Å². The predicted octanol–water partition coefficient (Wildman–Crippen LogP) is 2.51. The summed E-state index contributed by atoms with van der Waals surface area (Å²) < 4.78 is 1.27. The van der Waals surface area contributed by atoms with Gasteiger partial charge in [0.15, 0.2) is 0 Å². The number of nitrogens with one attached hydrogen (secondary N) is 1. The van der Waals surface area contributed by atoms with Gasteiger partial charge in [-0.3, -0.25) is 4.79 Å². The van der Waals surface area contributed by atoms with Gasteiger partial charge in [0, 0.05) is 13.5 Å². The number of hydrogen-bond acceptors (Lipinski definition) is 1. The molecule has 0 aliphatic carbocycles. The number of carbonyl (C=O) groups excluding carboxylic acids is 1. The lowest BCUT2D eigenvalue weighted by Gasteiger charge is -2.01. The monoisotopic (exact) mass is 283 g/mol. The van der Waals surface area contributed by atoms with E-state index in [2.05, 4.69) is 27.9 Å². The van der Waals surface area contributed by atoms with Gasteiger partial charge in [0.2, 0.25) is 5.91 Å². The summed E-state index contributed by atoms with van der Waals surface area (Å²) in [5.74, 6) is 0.0854. The number of rotatable bonds is 7. The summed E-state index contributed by atoms with van der Waals surface area (Å²) in [6.45, 7) is 2.41. The average Bonchev–Trinajstić information content (AvgIpc) is 2.02. The largest absolute Gasteiger partial charge is 0.356 e. The molecule has 0 fully saturated rings. The molecule has 0 aliphatic rings. The van der Waals surface area contributed by atoms with Crippen molar-refractivity contribution in [1.82, 2.24) is 5.32 Å². The Morgan fingerprint density at radius 2 is 1.75 bits per heavy atom.